The summed E-state index contributed by atoms with van der Waals surface area (Å²) < 4.78 is 6.93. The van der Waals surface area contributed by atoms with E-state index in [9.17, 15) is 14.9 Å². The number of nitriles is 1. The van der Waals surface area contributed by atoms with Gasteiger partial charge in [0.1, 0.15) is 17.4 Å². The topological polar surface area (TPSA) is 126 Å². The Kier molecular flexibility index (Phi) is 7.66. The molecule has 0 bridgehead atoms. The second kappa shape index (κ2) is 11.2. The monoisotopic (exact) mass is 495 g/mol. The Bertz CT molecular complexity index is 1530. The summed E-state index contributed by atoms with van der Waals surface area (Å²) in [5.74, 6) is -0.651. The summed E-state index contributed by atoms with van der Waals surface area (Å²) in [5, 5.41) is 12.9. The summed E-state index contributed by atoms with van der Waals surface area (Å²) >= 11 is 0. The Labute approximate surface area is 213 Å². The zero-order valence-corrected chi connectivity index (χ0v) is 20.7. The number of fused-ring (bicyclic) bond motifs is 1. The predicted molar refractivity (Wildman–Crippen MR) is 139 cm³/mol. The molecular formula is C27H25N7O3. The van der Waals surface area contributed by atoms with Crippen LogP contribution in [0, 0.1) is 11.3 Å². The Morgan fingerprint density at radius 2 is 1.95 bits per heavy atom. The molecule has 1 N–H and O–H groups in total. The summed E-state index contributed by atoms with van der Waals surface area (Å²) in [6.07, 6.45) is 11.6. The molecule has 0 spiro atoms. The lowest BCUT2D eigenvalue weighted by atomic mass is 10.0. The van der Waals surface area contributed by atoms with E-state index in [0.717, 1.165) is 27.6 Å². The second-order valence-corrected chi connectivity index (χ2v) is 8.53. The lowest BCUT2D eigenvalue weighted by Crippen LogP contribution is -2.13. The van der Waals surface area contributed by atoms with Gasteiger partial charge in [-0.3, -0.25) is 19.1 Å². The molecule has 186 valence electrons. The zero-order valence-electron chi connectivity index (χ0n) is 20.7. The summed E-state index contributed by atoms with van der Waals surface area (Å²) in [4.78, 5) is 38.6. The fourth-order valence-electron chi connectivity index (χ4n) is 3.70. The van der Waals surface area contributed by atoms with E-state index in [1.165, 1.54) is 13.0 Å². The van der Waals surface area contributed by atoms with Crippen molar-refractivity contribution < 1.29 is 14.3 Å². The third kappa shape index (κ3) is 6.22. The fourth-order valence-corrected chi connectivity index (χ4v) is 3.70. The van der Waals surface area contributed by atoms with Crippen LogP contribution in [0.25, 0.3) is 33.3 Å². The normalized spacial score (nSPS) is 11.1. The van der Waals surface area contributed by atoms with Crippen molar-refractivity contribution in [3.63, 3.8) is 0 Å². The molecule has 0 aliphatic rings. The second-order valence-electron chi connectivity index (χ2n) is 8.53. The van der Waals surface area contributed by atoms with Crippen molar-refractivity contribution in [3.8, 4) is 28.3 Å². The maximum atomic E-state index is 12.3. The van der Waals surface area contributed by atoms with Crippen LogP contribution in [-0.4, -0.2) is 56.9 Å². The van der Waals surface area contributed by atoms with Gasteiger partial charge in [-0.25, -0.2) is 9.97 Å². The van der Waals surface area contributed by atoms with Gasteiger partial charge in [-0.05, 0) is 43.9 Å². The molecule has 0 aliphatic carbocycles. The van der Waals surface area contributed by atoms with Crippen molar-refractivity contribution in [1.29, 1.82) is 5.26 Å². The van der Waals surface area contributed by atoms with Crippen LogP contribution in [0.4, 0.5) is 5.69 Å². The number of amides is 1. The van der Waals surface area contributed by atoms with Gasteiger partial charge in [0.15, 0.2) is 6.73 Å². The lowest BCUT2D eigenvalue weighted by molar-refractivity contribution is -0.144. The molecule has 0 saturated heterocycles. The highest BCUT2D eigenvalue weighted by molar-refractivity contribution is 6.00. The number of ether oxygens (including phenoxy) is 1. The molecule has 4 aromatic heterocycles. The standard InChI is InChI=1S/C27H25N7O3/c1-18(35)37-17-34-16-25(19-6-7-30-22(9-19)12-28)24-11-21(14-31-27(24)34)20-10-23(15-29-13-20)32-26(36)5-4-8-33(2)3/h4-7,9-11,13-16H,8,17H2,1-3H3,(H,32,36)/b5-4+. The number of esters is 1. The minimum Gasteiger partial charge on any atom is -0.444 e. The molecule has 0 unspecified atom stereocenters. The Balaban J connectivity index is 1.71. The van der Waals surface area contributed by atoms with Crippen LogP contribution in [0.3, 0.4) is 0 Å². The van der Waals surface area contributed by atoms with Crippen LogP contribution in [-0.2, 0) is 21.1 Å². The molecule has 0 aliphatic heterocycles. The van der Waals surface area contributed by atoms with Gasteiger partial charge in [0.05, 0.1) is 11.9 Å². The Hall–Kier alpha value is -4.88. The van der Waals surface area contributed by atoms with Crippen molar-refractivity contribution in [3.05, 3.63) is 73.1 Å². The van der Waals surface area contributed by atoms with Crippen LogP contribution < -0.4 is 5.32 Å². The number of nitrogens with one attached hydrogen (secondary N) is 1. The van der Waals surface area contributed by atoms with E-state index < -0.39 is 5.97 Å². The minimum atomic E-state index is -0.405. The fraction of sp³-hybridized carbons (Fsp3) is 0.185. The van der Waals surface area contributed by atoms with Crippen molar-refractivity contribution in [2.75, 3.05) is 26.0 Å². The maximum Gasteiger partial charge on any atom is 0.304 e. The maximum absolute atomic E-state index is 12.3. The molecule has 4 aromatic rings. The summed E-state index contributed by atoms with van der Waals surface area (Å²) in [5.41, 5.74) is 4.57. The first-order valence-corrected chi connectivity index (χ1v) is 11.4. The van der Waals surface area contributed by atoms with E-state index in [1.807, 2.05) is 37.3 Å². The number of hydrogen-bond donors (Lipinski definition) is 1. The third-order valence-electron chi connectivity index (χ3n) is 5.39. The van der Waals surface area contributed by atoms with Gasteiger partial charge in [0.2, 0.25) is 5.91 Å². The average molecular weight is 496 g/mol. The van der Waals surface area contributed by atoms with E-state index in [2.05, 4.69) is 26.3 Å². The molecule has 0 aromatic carbocycles. The molecule has 0 saturated carbocycles. The number of aromatic nitrogens is 4. The number of pyridine rings is 3. The molecule has 0 radical (unpaired) electrons. The molecule has 1 amide bonds. The van der Waals surface area contributed by atoms with E-state index in [0.29, 0.717) is 17.9 Å². The number of nitrogens with zero attached hydrogens (tertiary/aromatic N) is 6. The predicted octanol–water partition coefficient (Wildman–Crippen LogP) is 3.61. The number of hydrogen-bond acceptors (Lipinski definition) is 8. The molecule has 4 heterocycles. The Morgan fingerprint density at radius 3 is 2.70 bits per heavy atom. The number of carbonyl (C=O) groups excluding carboxylic acids is 2. The highest BCUT2D eigenvalue weighted by Crippen LogP contribution is 2.33. The van der Waals surface area contributed by atoms with Crippen LogP contribution in [0.5, 0.6) is 0 Å². The number of anilines is 1. The van der Waals surface area contributed by atoms with Gasteiger partial charge in [-0.2, -0.15) is 5.26 Å². The van der Waals surface area contributed by atoms with Gasteiger partial charge in [-0.15, -0.1) is 0 Å². The number of rotatable bonds is 8. The first-order chi connectivity index (χ1) is 17.8. The number of likely N-dealkylation sites (N-methyl/N-ethyl adjacent to an activating group) is 1. The summed E-state index contributed by atoms with van der Waals surface area (Å²) in [6, 6.07) is 9.33. The van der Waals surface area contributed by atoms with E-state index >= 15 is 0 Å². The lowest BCUT2D eigenvalue weighted by Gasteiger charge is -2.08. The van der Waals surface area contributed by atoms with Crippen LogP contribution in [0.2, 0.25) is 0 Å². The van der Waals surface area contributed by atoms with Gasteiger partial charge >= 0.3 is 5.97 Å². The van der Waals surface area contributed by atoms with Gasteiger partial charge in [0, 0.05) is 66.4 Å². The van der Waals surface area contributed by atoms with Crippen LogP contribution in [0.15, 0.2) is 67.4 Å². The molecule has 0 fully saturated rings. The first kappa shape index (κ1) is 25.2. The van der Waals surface area contributed by atoms with E-state index in [4.69, 9.17) is 4.74 Å². The third-order valence-corrected chi connectivity index (χ3v) is 5.39. The highest BCUT2D eigenvalue weighted by Gasteiger charge is 2.15. The molecule has 0 atom stereocenters. The quantitative estimate of drug-likeness (QED) is 0.290. The first-order valence-electron chi connectivity index (χ1n) is 11.4. The smallest absolute Gasteiger partial charge is 0.304 e. The highest BCUT2D eigenvalue weighted by atomic mass is 16.5. The Morgan fingerprint density at radius 1 is 1.14 bits per heavy atom. The zero-order chi connectivity index (χ0) is 26.4. The summed E-state index contributed by atoms with van der Waals surface area (Å²) in [6.45, 7) is 2.00. The minimum absolute atomic E-state index is 0.00121. The van der Waals surface area contributed by atoms with Crippen molar-refractivity contribution >= 4 is 28.6 Å². The molecular weight excluding hydrogens is 470 g/mol. The van der Waals surface area contributed by atoms with Crippen LogP contribution >= 0.6 is 0 Å². The van der Waals surface area contributed by atoms with Gasteiger partial charge in [-0.1, -0.05) is 6.08 Å². The van der Waals surface area contributed by atoms with Crippen LogP contribution in [0.1, 0.15) is 12.6 Å². The largest absolute Gasteiger partial charge is 0.444 e. The van der Waals surface area contributed by atoms with Crippen molar-refractivity contribution in [2.24, 2.45) is 0 Å². The number of carbonyl (C=O) groups is 2. The molecule has 10 nitrogen and oxygen atoms in total. The van der Waals surface area contributed by atoms with Gasteiger partial charge in [0.25, 0.3) is 0 Å². The van der Waals surface area contributed by atoms with Crippen molar-refractivity contribution in [1.82, 2.24) is 24.4 Å². The molecule has 10 heteroatoms. The van der Waals surface area contributed by atoms with Crippen molar-refractivity contribution in [2.45, 2.75) is 13.7 Å². The SMILES string of the molecule is CC(=O)OCn1cc(-c2ccnc(C#N)c2)c2cc(-c3cncc(NC(=O)/C=C/CN(C)C)c3)cnc21. The summed E-state index contributed by atoms with van der Waals surface area (Å²) in [7, 11) is 3.85. The van der Waals surface area contributed by atoms with Gasteiger partial charge < -0.3 is 15.0 Å². The van der Waals surface area contributed by atoms with E-state index in [-0.39, 0.29) is 18.3 Å². The molecule has 4 rings (SSSR count). The van der Waals surface area contributed by atoms with E-state index in [1.54, 1.807) is 47.6 Å². The molecule has 37 heavy (non-hydrogen) atoms. The average Bonchev–Trinajstić information content (AvgIpc) is 3.25.